The molecule has 1 saturated carbocycles. The maximum Gasteiger partial charge on any atom is 0.0697 e. The highest BCUT2D eigenvalue weighted by Gasteiger charge is 2.40. The third-order valence-electron chi connectivity index (χ3n) is 5.26. The fraction of sp³-hybridized carbons (Fsp3) is 0.667. The lowest BCUT2D eigenvalue weighted by molar-refractivity contribution is -0.0997. The van der Waals surface area contributed by atoms with Gasteiger partial charge in [0.25, 0.3) is 0 Å². The smallest absolute Gasteiger partial charge is 0.0697 e. The molecule has 1 aromatic rings. The third-order valence-corrected chi connectivity index (χ3v) is 5.26. The van der Waals surface area contributed by atoms with Gasteiger partial charge in [0.15, 0.2) is 0 Å². The molecule has 0 radical (unpaired) electrons. The molecule has 2 N–H and O–H groups in total. The summed E-state index contributed by atoms with van der Waals surface area (Å²) in [6, 6.07) is 9.32. The monoisotopic (exact) mass is 288 g/mol. The number of hydrogen-bond donors (Lipinski definition) is 1. The van der Waals surface area contributed by atoms with Gasteiger partial charge in [0.05, 0.1) is 5.60 Å². The van der Waals surface area contributed by atoms with Crippen LogP contribution >= 0.6 is 0 Å². The van der Waals surface area contributed by atoms with Crippen molar-refractivity contribution in [2.75, 3.05) is 13.7 Å². The van der Waals surface area contributed by atoms with E-state index in [9.17, 15) is 0 Å². The lowest BCUT2D eigenvalue weighted by Crippen LogP contribution is -2.46. The van der Waals surface area contributed by atoms with E-state index in [1.807, 2.05) is 0 Å². The lowest BCUT2D eigenvalue weighted by Gasteiger charge is -2.42. The van der Waals surface area contributed by atoms with Crippen molar-refractivity contribution < 1.29 is 4.74 Å². The summed E-state index contributed by atoms with van der Waals surface area (Å²) >= 11 is 0. The van der Waals surface area contributed by atoms with Crippen LogP contribution in [0, 0.1) is 0 Å². The highest BCUT2D eigenvalue weighted by atomic mass is 16.5. The van der Waals surface area contributed by atoms with E-state index in [0.29, 0.717) is 12.6 Å². The maximum atomic E-state index is 6.15. The van der Waals surface area contributed by atoms with Crippen LogP contribution in [-0.4, -0.2) is 30.2 Å². The molecule has 3 rings (SSSR count). The molecule has 0 aromatic heterocycles. The Labute approximate surface area is 128 Å². The number of hydrogen-bond acceptors (Lipinski definition) is 3. The summed E-state index contributed by atoms with van der Waals surface area (Å²) in [6.07, 6.45) is 7.58. The predicted molar refractivity (Wildman–Crippen MR) is 86.0 cm³/mol. The Morgan fingerprint density at radius 2 is 2.05 bits per heavy atom. The Bertz CT molecular complexity index is 468. The van der Waals surface area contributed by atoms with E-state index < -0.39 is 0 Å². The van der Waals surface area contributed by atoms with Gasteiger partial charge in [-0.15, -0.1) is 0 Å². The van der Waals surface area contributed by atoms with Gasteiger partial charge in [-0.25, -0.2) is 0 Å². The van der Waals surface area contributed by atoms with Crippen LogP contribution in [0.4, 0.5) is 0 Å². The summed E-state index contributed by atoms with van der Waals surface area (Å²) < 4.78 is 6.15. The molecule has 1 aliphatic heterocycles. The molecule has 1 aromatic carbocycles. The minimum atomic E-state index is 0.205. The first-order chi connectivity index (χ1) is 10.2. The molecule has 1 spiro atoms. The zero-order valence-electron chi connectivity index (χ0n) is 13.2. The fourth-order valence-electron chi connectivity index (χ4n) is 4.02. The van der Waals surface area contributed by atoms with Gasteiger partial charge in [-0.3, -0.25) is 4.90 Å². The molecule has 116 valence electrons. The summed E-state index contributed by atoms with van der Waals surface area (Å²) in [5, 5.41) is 0. The predicted octanol–water partition coefficient (Wildman–Crippen LogP) is 3.07. The molecule has 21 heavy (non-hydrogen) atoms. The van der Waals surface area contributed by atoms with Crippen molar-refractivity contribution in [2.45, 2.75) is 63.3 Å². The van der Waals surface area contributed by atoms with E-state index in [-0.39, 0.29) is 5.60 Å². The Morgan fingerprint density at radius 1 is 1.29 bits per heavy atom. The van der Waals surface area contributed by atoms with Crippen molar-refractivity contribution in [3.63, 3.8) is 0 Å². The Kier molecular flexibility index (Phi) is 4.63. The average Bonchev–Trinajstić information content (AvgIpc) is 2.95. The van der Waals surface area contributed by atoms with Gasteiger partial charge in [-0.2, -0.15) is 0 Å². The second-order valence-electron chi connectivity index (χ2n) is 6.82. The molecule has 3 heteroatoms. The van der Waals surface area contributed by atoms with Gasteiger partial charge in [-0.1, -0.05) is 37.1 Å². The molecule has 0 bridgehead atoms. The molecule has 0 amide bonds. The van der Waals surface area contributed by atoms with Gasteiger partial charge < -0.3 is 10.5 Å². The van der Waals surface area contributed by atoms with Crippen LogP contribution in [0.15, 0.2) is 24.3 Å². The molecule has 3 nitrogen and oxygen atoms in total. The number of benzene rings is 1. The average molecular weight is 288 g/mol. The van der Waals surface area contributed by atoms with Crippen LogP contribution in [0.5, 0.6) is 0 Å². The lowest BCUT2D eigenvalue weighted by atomic mass is 9.88. The molecular weight excluding hydrogens is 260 g/mol. The summed E-state index contributed by atoms with van der Waals surface area (Å²) in [4.78, 5) is 2.51. The summed E-state index contributed by atoms with van der Waals surface area (Å²) in [5.41, 5.74) is 8.54. The third kappa shape index (κ3) is 3.47. The Balaban J connectivity index is 1.63. The van der Waals surface area contributed by atoms with Gasteiger partial charge in [0, 0.05) is 25.7 Å². The Hall–Kier alpha value is -0.900. The topological polar surface area (TPSA) is 38.5 Å². The van der Waals surface area contributed by atoms with Gasteiger partial charge >= 0.3 is 0 Å². The van der Waals surface area contributed by atoms with Crippen molar-refractivity contribution in [3.8, 4) is 0 Å². The van der Waals surface area contributed by atoms with Crippen LogP contribution in [-0.2, 0) is 17.8 Å². The normalized spacial score (nSPS) is 24.8. The molecular formula is C18H28N2O. The van der Waals surface area contributed by atoms with Crippen molar-refractivity contribution in [3.05, 3.63) is 35.4 Å². The van der Waals surface area contributed by atoms with E-state index in [1.165, 1.54) is 43.2 Å². The minimum absolute atomic E-state index is 0.205. The first-order valence-corrected chi connectivity index (χ1v) is 8.33. The van der Waals surface area contributed by atoms with Gasteiger partial charge in [-0.05, 0) is 43.9 Å². The van der Waals surface area contributed by atoms with Crippen LogP contribution in [0.25, 0.3) is 0 Å². The zero-order valence-corrected chi connectivity index (χ0v) is 13.2. The SMILES string of the molecule is CN(Cc1cccc(CN)c1)C1CCOC2(CCCC2)C1. The maximum absolute atomic E-state index is 6.15. The Morgan fingerprint density at radius 3 is 2.81 bits per heavy atom. The quantitative estimate of drug-likeness (QED) is 0.925. The second kappa shape index (κ2) is 6.47. The molecule has 2 aliphatic rings. The van der Waals surface area contributed by atoms with Crippen LogP contribution in [0.2, 0.25) is 0 Å². The first-order valence-electron chi connectivity index (χ1n) is 8.33. The zero-order chi connectivity index (χ0) is 14.7. The molecule has 2 fully saturated rings. The number of ether oxygens (including phenoxy) is 1. The largest absolute Gasteiger partial charge is 0.375 e. The van der Waals surface area contributed by atoms with Gasteiger partial charge in [0.1, 0.15) is 0 Å². The molecule has 1 aliphatic carbocycles. The standard InChI is InChI=1S/C18H28N2O/c1-20(14-16-6-4-5-15(11-16)13-19)17-7-10-21-18(12-17)8-2-3-9-18/h4-6,11,17H,2-3,7-10,12-14,19H2,1H3. The van der Waals surface area contributed by atoms with Crippen molar-refractivity contribution >= 4 is 0 Å². The molecule has 1 heterocycles. The number of nitrogens with two attached hydrogens (primary N) is 1. The van der Waals surface area contributed by atoms with E-state index in [2.05, 4.69) is 36.2 Å². The van der Waals surface area contributed by atoms with Crippen molar-refractivity contribution in [2.24, 2.45) is 5.73 Å². The molecule has 1 atom stereocenters. The highest BCUT2D eigenvalue weighted by Crippen LogP contribution is 2.41. The highest BCUT2D eigenvalue weighted by molar-refractivity contribution is 5.23. The van der Waals surface area contributed by atoms with E-state index >= 15 is 0 Å². The summed E-state index contributed by atoms with van der Waals surface area (Å²) in [5.74, 6) is 0. The van der Waals surface area contributed by atoms with Crippen molar-refractivity contribution in [1.29, 1.82) is 0 Å². The first kappa shape index (κ1) is 15.0. The minimum Gasteiger partial charge on any atom is -0.375 e. The summed E-state index contributed by atoms with van der Waals surface area (Å²) in [6.45, 7) is 2.56. The van der Waals surface area contributed by atoms with E-state index in [4.69, 9.17) is 10.5 Å². The van der Waals surface area contributed by atoms with Gasteiger partial charge in [0.2, 0.25) is 0 Å². The summed E-state index contributed by atoms with van der Waals surface area (Å²) in [7, 11) is 2.26. The fourth-order valence-corrected chi connectivity index (χ4v) is 4.02. The second-order valence-corrected chi connectivity index (χ2v) is 6.82. The van der Waals surface area contributed by atoms with Crippen LogP contribution < -0.4 is 5.73 Å². The van der Waals surface area contributed by atoms with E-state index in [0.717, 1.165) is 19.6 Å². The van der Waals surface area contributed by atoms with Crippen molar-refractivity contribution in [1.82, 2.24) is 4.90 Å². The van der Waals surface area contributed by atoms with Crippen LogP contribution in [0.3, 0.4) is 0 Å². The number of rotatable bonds is 4. The van der Waals surface area contributed by atoms with Crippen LogP contribution in [0.1, 0.15) is 49.7 Å². The molecule has 1 saturated heterocycles. The van der Waals surface area contributed by atoms with E-state index in [1.54, 1.807) is 0 Å². The molecule has 1 unspecified atom stereocenters. The number of nitrogens with zero attached hydrogens (tertiary/aromatic N) is 1.